The molecule has 1 heteroatoms. The Hall–Kier alpha value is -0.807. The molecule has 0 fully saturated rings. The molecule has 0 atom stereocenters. The van der Waals surface area contributed by atoms with Crippen LogP contribution in [0.1, 0.15) is 5.56 Å². The summed E-state index contributed by atoms with van der Waals surface area (Å²) < 4.78 is 0. The van der Waals surface area contributed by atoms with E-state index in [9.17, 15) is 0 Å². The predicted octanol–water partition coefficient (Wildman–Crippen LogP) is 3.02. The van der Waals surface area contributed by atoms with Gasteiger partial charge in [-0.25, -0.2) is 0 Å². The summed E-state index contributed by atoms with van der Waals surface area (Å²) in [4.78, 5) is 0. The van der Waals surface area contributed by atoms with Crippen molar-refractivity contribution >= 4 is 10.8 Å². The average molecular weight is 207 g/mol. The van der Waals surface area contributed by atoms with Gasteiger partial charge in [0.2, 0.25) is 0 Å². The minimum atomic E-state index is 0. The van der Waals surface area contributed by atoms with Crippen molar-refractivity contribution < 1.29 is 19.5 Å². The molecule has 0 spiro atoms. The molecule has 0 aliphatic heterocycles. The third kappa shape index (κ3) is 1.68. The Morgan fingerprint density at radius 2 is 1.50 bits per heavy atom. The van der Waals surface area contributed by atoms with Crippen LogP contribution in [0.15, 0.2) is 42.5 Å². The van der Waals surface area contributed by atoms with E-state index < -0.39 is 0 Å². The molecule has 0 heterocycles. The van der Waals surface area contributed by atoms with Gasteiger partial charge < -0.3 is 0 Å². The van der Waals surface area contributed by atoms with E-state index in [0.29, 0.717) is 0 Å². The molecule has 0 aliphatic carbocycles. The van der Waals surface area contributed by atoms with Crippen LogP contribution in [0.3, 0.4) is 0 Å². The third-order valence-corrected chi connectivity index (χ3v) is 1.81. The van der Waals surface area contributed by atoms with Gasteiger partial charge in [0.15, 0.2) is 0 Å². The van der Waals surface area contributed by atoms with Crippen LogP contribution < -0.4 is 0 Å². The molecule has 2 rings (SSSR count). The number of benzene rings is 2. The largest absolute Gasteiger partial charge is 0.199 e. The molecule has 0 aromatic heterocycles. The summed E-state index contributed by atoms with van der Waals surface area (Å²) in [6, 6.07) is 14.5. The van der Waals surface area contributed by atoms with E-state index in [2.05, 4.69) is 31.2 Å². The second-order valence-electron chi connectivity index (χ2n) is 2.68. The fourth-order valence-electron chi connectivity index (χ4n) is 1.24. The molecule has 56 valence electrons. The summed E-state index contributed by atoms with van der Waals surface area (Å²) >= 11 is 0. The van der Waals surface area contributed by atoms with Gasteiger partial charge in [-0.05, 0) is 5.39 Å². The molecule has 2 aromatic carbocycles. The quantitative estimate of drug-likeness (QED) is 0.459. The van der Waals surface area contributed by atoms with Crippen LogP contribution in [-0.2, 0) is 19.5 Å². The number of hydrogen-bond acceptors (Lipinski definition) is 0. The Kier molecular flexibility index (Phi) is 2.89. The Morgan fingerprint density at radius 1 is 0.833 bits per heavy atom. The van der Waals surface area contributed by atoms with Crippen molar-refractivity contribution in [3.05, 3.63) is 55.0 Å². The molecule has 0 saturated carbocycles. The van der Waals surface area contributed by atoms with Gasteiger partial charge in [-0.1, -0.05) is 29.7 Å². The first-order valence-corrected chi connectivity index (χ1v) is 3.67. The normalized spacial score (nSPS) is 9.33. The van der Waals surface area contributed by atoms with Crippen molar-refractivity contribution in [1.29, 1.82) is 0 Å². The molecule has 0 bridgehead atoms. The van der Waals surface area contributed by atoms with Crippen LogP contribution in [0.5, 0.6) is 0 Å². The van der Waals surface area contributed by atoms with E-state index in [4.69, 9.17) is 0 Å². The van der Waals surface area contributed by atoms with Gasteiger partial charge in [0.25, 0.3) is 0 Å². The molecule has 2 aromatic rings. The third-order valence-electron chi connectivity index (χ3n) is 1.81. The van der Waals surface area contributed by atoms with Gasteiger partial charge >= 0.3 is 0 Å². The molecule has 0 saturated heterocycles. The van der Waals surface area contributed by atoms with E-state index in [1.165, 1.54) is 10.8 Å². The standard InChI is InChI=1S/C11H9.Zn/c1-9-6-7-10-4-2-3-5-11(10)8-9;/h2-8H,1H2;/q-1;. The summed E-state index contributed by atoms with van der Waals surface area (Å²) in [7, 11) is 0. The minimum Gasteiger partial charge on any atom is -0.199 e. The Morgan fingerprint density at radius 3 is 2.25 bits per heavy atom. The van der Waals surface area contributed by atoms with E-state index in [-0.39, 0.29) is 19.5 Å². The minimum absolute atomic E-state index is 0. The zero-order valence-corrected chi connectivity index (χ0v) is 9.92. The van der Waals surface area contributed by atoms with Gasteiger partial charge in [0, 0.05) is 19.5 Å². The monoisotopic (exact) mass is 205 g/mol. The van der Waals surface area contributed by atoms with Crippen molar-refractivity contribution in [3.63, 3.8) is 0 Å². The smallest absolute Gasteiger partial charge is 0 e. The summed E-state index contributed by atoms with van der Waals surface area (Å²) in [6.07, 6.45) is 0. The predicted molar refractivity (Wildman–Crippen MR) is 48.4 cm³/mol. The summed E-state index contributed by atoms with van der Waals surface area (Å²) in [5, 5.41) is 2.54. The van der Waals surface area contributed by atoms with Crippen molar-refractivity contribution in [3.8, 4) is 0 Å². The first-order valence-electron chi connectivity index (χ1n) is 3.67. The number of hydrogen-bond donors (Lipinski definition) is 0. The van der Waals surface area contributed by atoms with Crippen molar-refractivity contribution in [1.82, 2.24) is 0 Å². The van der Waals surface area contributed by atoms with Crippen LogP contribution in [0.25, 0.3) is 10.8 Å². The van der Waals surface area contributed by atoms with Crippen LogP contribution in [0, 0.1) is 6.92 Å². The Balaban J connectivity index is 0.000000720. The van der Waals surface area contributed by atoms with E-state index in [1.54, 1.807) is 0 Å². The fraction of sp³-hybridized carbons (Fsp3) is 0. The number of rotatable bonds is 0. The van der Waals surface area contributed by atoms with Crippen LogP contribution in [0.4, 0.5) is 0 Å². The Bertz CT molecular complexity index is 379. The van der Waals surface area contributed by atoms with E-state index >= 15 is 0 Å². The molecule has 12 heavy (non-hydrogen) atoms. The maximum absolute atomic E-state index is 3.87. The Labute approximate surface area is 85.4 Å². The van der Waals surface area contributed by atoms with Gasteiger partial charge in [-0.3, -0.25) is 0 Å². The summed E-state index contributed by atoms with van der Waals surface area (Å²) in [5.41, 5.74) is 1.07. The molecule has 0 nitrogen and oxygen atoms in total. The SMILES string of the molecule is [CH2-]c1ccc2ccccc2c1.[Zn]. The molecule has 0 N–H and O–H groups in total. The second kappa shape index (κ2) is 3.73. The van der Waals surface area contributed by atoms with Crippen molar-refractivity contribution in [2.24, 2.45) is 0 Å². The van der Waals surface area contributed by atoms with E-state index in [0.717, 1.165) is 5.56 Å². The maximum Gasteiger partial charge on any atom is 0 e. The van der Waals surface area contributed by atoms with E-state index in [1.807, 2.05) is 18.2 Å². The first-order chi connectivity index (χ1) is 5.36. The number of fused-ring (bicyclic) bond motifs is 1. The topological polar surface area (TPSA) is 0 Å². The van der Waals surface area contributed by atoms with Gasteiger partial charge in [0.1, 0.15) is 0 Å². The maximum atomic E-state index is 3.87. The molecule has 0 amide bonds. The second-order valence-corrected chi connectivity index (χ2v) is 2.68. The van der Waals surface area contributed by atoms with Gasteiger partial charge in [-0.2, -0.15) is 24.6 Å². The fourth-order valence-corrected chi connectivity index (χ4v) is 1.24. The molecular weight excluding hydrogens is 198 g/mol. The van der Waals surface area contributed by atoms with Crippen LogP contribution in [-0.4, -0.2) is 0 Å². The zero-order valence-electron chi connectivity index (χ0n) is 6.96. The van der Waals surface area contributed by atoms with Crippen molar-refractivity contribution in [2.75, 3.05) is 0 Å². The zero-order chi connectivity index (χ0) is 7.68. The average Bonchev–Trinajstić information content (AvgIpc) is 2.04. The molecule has 0 aliphatic rings. The molecule has 0 radical (unpaired) electrons. The van der Waals surface area contributed by atoms with Gasteiger partial charge in [-0.15, -0.1) is 6.07 Å². The van der Waals surface area contributed by atoms with Crippen LogP contribution >= 0.6 is 0 Å². The first kappa shape index (κ1) is 9.28. The van der Waals surface area contributed by atoms with Gasteiger partial charge in [0.05, 0.1) is 0 Å². The van der Waals surface area contributed by atoms with Crippen molar-refractivity contribution in [2.45, 2.75) is 0 Å². The summed E-state index contributed by atoms with van der Waals surface area (Å²) in [5.74, 6) is 0. The molecular formula is C11H9Zn-. The van der Waals surface area contributed by atoms with Crippen LogP contribution in [0.2, 0.25) is 0 Å². The summed E-state index contributed by atoms with van der Waals surface area (Å²) in [6.45, 7) is 3.87. The molecule has 0 unspecified atom stereocenters.